The van der Waals surface area contributed by atoms with Gasteiger partial charge in [-0.1, -0.05) is 42.5 Å². The number of hydrogen-bond acceptors (Lipinski definition) is 4. The summed E-state index contributed by atoms with van der Waals surface area (Å²) >= 11 is 0. The van der Waals surface area contributed by atoms with Gasteiger partial charge in [0.25, 0.3) is 0 Å². The zero-order valence-corrected chi connectivity index (χ0v) is 14.4. The Balaban J connectivity index is 1.63. The highest BCUT2D eigenvalue weighted by molar-refractivity contribution is 5.48. The highest BCUT2D eigenvalue weighted by atomic mass is 16.5. The lowest BCUT2D eigenvalue weighted by Crippen LogP contribution is -2.49. The predicted molar refractivity (Wildman–Crippen MR) is 95.5 cm³/mol. The van der Waals surface area contributed by atoms with Crippen LogP contribution in [0.5, 0.6) is 0 Å². The number of aliphatic hydroxyl groups excluding tert-OH is 1. The molecule has 4 nitrogen and oxygen atoms in total. The summed E-state index contributed by atoms with van der Waals surface area (Å²) in [5, 5.41) is 9.99. The van der Waals surface area contributed by atoms with Crippen LogP contribution in [0.25, 0.3) is 6.08 Å². The molecule has 1 fully saturated rings. The number of ether oxygens (including phenoxy) is 1. The summed E-state index contributed by atoms with van der Waals surface area (Å²) in [6.45, 7) is 10.2. The lowest BCUT2D eigenvalue weighted by atomic mass is 10.2. The third kappa shape index (κ3) is 7.27. The number of nitrogens with zero attached hydrogens (tertiary/aromatic N) is 2. The molecular weight excluding hydrogens is 288 g/mol. The molecule has 1 unspecified atom stereocenters. The third-order valence-electron chi connectivity index (χ3n) is 4.03. The lowest BCUT2D eigenvalue weighted by molar-refractivity contribution is -0.0140. The van der Waals surface area contributed by atoms with Crippen molar-refractivity contribution in [3.05, 3.63) is 42.0 Å². The maximum Gasteiger partial charge on any atom is 0.0900 e. The van der Waals surface area contributed by atoms with Crippen molar-refractivity contribution in [1.29, 1.82) is 0 Å². The van der Waals surface area contributed by atoms with E-state index in [1.165, 1.54) is 5.56 Å². The van der Waals surface area contributed by atoms with Crippen LogP contribution in [0.1, 0.15) is 19.4 Å². The maximum absolute atomic E-state index is 9.99. The molecule has 0 aromatic heterocycles. The summed E-state index contributed by atoms with van der Waals surface area (Å²) < 4.78 is 5.47. The van der Waals surface area contributed by atoms with Gasteiger partial charge in [-0.05, 0) is 19.4 Å². The Morgan fingerprint density at radius 1 is 1.09 bits per heavy atom. The molecule has 23 heavy (non-hydrogen) atoms. The van der Waals surface area contributed by atoms with Gasteiger partial charge in [0, 0.05) is 39.3 Å². The molecule has 0 spiro atoms. The third-order valence-corrected chi connectivity index (χ3v) is 4.03. The molecule has 1 aliphatic rings. The molecule has 2 rings (SSSR count). The minimum absolute atomic E-state index is 0.179. The van der Waals surface area contributed by atoms with Gasteiger partial charge in [0.15, 0.2) is 0 Å². The summed E-state index contributed by atoms with van der Waals surface area (Å²) in [6, 6.07) is 10.4. The number of hydrogen-bond donors (Lipinski definition) is 1. The van der Waals surface area contributed by atoms with Crippen LogP contribution < -0.4 is 0 Å². The molecule has 1 aliphatic heterocycles. The molecule has 1 aromatic carbocycles. The largest absolute Gasteiger partial charge is 0.389 e. The first-order valence-corrected chi connectivity index (χ1v) is 8.59. The number of β-amino-alcohol motifs (C(OH)–C–C–N with tert-alkyl or cyclic N) is 1. The lowest BCUT2D eigenvalue weighted by Gasteiger charge is -2.35. The first-order valence-electron chi connectivity index (χ1n) is 8.59. The van der Waals surface area contributed by atoms with Crippen LogP contribution in [0.2, 0.25) is 0 Å². The molecule has 0 aliphatic carbocycles. The number of benzene rings is 1. The van der Waals surface area contributed by atoms with Crippen molar-refractivity contribution in [2.45, 2.75) is 26.1 Å². The molecule has 1 N–H and O–H groups in total. The SMILES string of the molecule is CC(C)OCC(O)CN1CCN(CC=Cc2ccccc2)CC1. The van der Waals surface area contributed by atoms with E-state index in [-0.39, 0.29) is 12.2 Å². The maximum atomic E-state index is 9.99. The second kappa shape index (κ2) is 9.83. The summed E-state index contributed by atoms with van der Waals surface area (Å²) in [4.78, 5) is 4.78. The first-order chi connectivity index (χ1) is 11.1. The average molecular weight is 318 g/mol. The summed E-state index contributed by atoms with van der Waals surface area (Å²) in [5.74, 6) is 0. The van der Waals surface area contributed by atoms with Crippen molar-refractivity contribution in [2.75, 3.05) is 45.9 Å². The van der Waals surface area contributed by atoms with Crippen LogP contribution in [0.15, 0.2) is 36.4 Å². The number of aliphatic hydroxyl groups is 1. The Hall–Kier alpha value is -1.20. The van der Waals surface area contributed by atoms with E-state index in [0.717, 1.165) is 32.7 Å². The van der Waals surface area contributed by atoms with E-state index in [9.17, 15) is 5.11 Å². The Morgan fingerprint density at radius 3 is 2.39 bits per heavy atom. The molecule has 1 atom stereocenters. The Kier molecular flexibility index (Phi) is 7.76. The quantitative estimate of drug-likeness (QED) is 0.796. The molecule has 4 heteroatoms. The highest BCUT2D eigenvalue weighted by Gasteiger charge is 2.18. The van der Waals surface area contributed by atoms with E-state index in [2.05, 4.69) is 46.2 Å². The van der Waals surface area contributed by atoms with Gasteiger partial charge in [-0.25, -0.2) is 0 Å². The second-order valence-electron chi connectivity index (χ2n) is 6.45. The highest BCUT2D eigenvalue weighted by Crippen LogP contribution is 2.05. The predicted octanol–water partition coefficient (Wildman–Crippen LogP) is 2.10. The molecule has 1 saturated heterocycles. The fraction of sp³-hybridized carbons (Fsp3) is 0.579. The molecule has 0 bridgehead atoms. The van der Waals surface area contributed by atoms with Crippen molar-refractivity contribution in [1.82, 2.24) is 9.80 Å². The van der Waals surface area contributed by atoms with E-state index in [1.807, 2.05) is 19.9 Å². The minimum atomic E-state index is -0.387. The molecule has 1 heterocycles. The summed E-state index contributed by atoms with van der Waals surface area (Å²) in [6.07, 6.45) is 4.20. The van der Waals surface area contributed by atoms with Crippen molar-refractivity contribution in [2.24, 2.45) is 0 Å². The van der Waals surface area contributed by atoms with Gasteiger partial charge in [0.05, 0.1) is 18.8 Å². The van der Waals surface area contributed by atoms with Crippen molar-refractivity contribution < 1.29 is 9.84 Å². The van der Waals surface area contributed by atoms with E-state index in [1.54, 1.807) is 0 Å². The van der Waals surface area contributed by atoms with E-state index in [0.29, 0.717) is 13.2 Å². The monoisotopic (exact) mass is 318 g/mol. The van der Waals surface area contributed by atoms with Gasteiger partial charge in [-0.2, -0.15) is 0 Å². The first kappa shape index (κ1) is 18.1. The van der Waals surface area contributed by atoms with Crippen molar-refractivity contribution in [3.63, 3.8) is 0 Å². The van der Waals surface area contributed by atoms with Crippen LogP contribution in [0.3, 0.4) is 0 Å². The van der Waals surface area contributed by atoms with Crippen molar-refractivity contribution >= 4 is 6.08 Å². The smallest absolute Gasteiger partial charge is 0.0900 e. The second-order valence-corrected chi connectivity index (χ2v) is 6.45. The number of rotatable bonds is 8. The molecule has 0 saturated carbocycles. The molecular formula is C19H30N2O2. The number of piperazine rings is 1. The van der Waals surface area contributed by atoms with Gasteiger partial charge in [-0.3, -0.25) is 9.80 Å². The molecule has 0 radical (unpaired) electrons. The zero-order valence-electron chi connectivity index (χ0n) is 14.4. The Bertz CT molecular complexity index is 454. The zero-order chi connectivity index (χ0) is 16.5. The summed E-state index contributed by atoms with van der Waals surface area (Å²) in [7, 11) is 0. The molecule has 0 amide bonds. The molecule has 1 aromatic rings. The molecule has 128 valence electrons. The van der Waals surface area contributed by atoms with E-state index >= 15 is 0 Å². The normalized spacial score (nSPS) is 18.8. The van der Waals surface area contributed by atoms with Gasteiger partial charge < -0.3 is 9.84 Å². The Labute approximate surface area is 140 Å². The Morgan fingerprint density at radius 2 is 1.74 bits per heavy atom. The topological polar surface area (TPSA) is 35.9 Å². The van der Waals surface area contributed by atoms with Gasteiger partial charge in [-0.15, -0.1) is 0 Å². The van der Waals surface area contributed by atoms with Crippen LogP contribution in [0.4, 0.5) is 0 Å². The van der Waals surface area contributed by atoms with Gasteiger partial charge in [0.2, 0.25) is 0 Å². The minimum Gasteiger partial charge on any atom is -0.389 e. The standard InChI is InChI=1S/C19H30N2O2/c1-17(2)23-16-19(22)15-21-13-11-20(12-14-21)10-6-9-18-7-4-3-5-8-18/h3-9,17,19,22H,10-16H2,1-2H3. The summed E-state index contributed by atoms with van der Waals surface area (Å²) in [5.41, 5.74) is 1.25. The fourth-order valence-electron chi connectivity index (χ4n) is 2.71. The van der Waals surface area contributed by atoms with Crippen molar-refractivity contribution in [3.8, 4) is 0 Å². The van der Waals surface area contributed by atoms with Crippen LogP contribution in [-0.2, 0) is 4.74 Å². The van der Waals surface area contributed by atoms with Crippen LogP contribution in [-0.4, -0.2) is 73.0 Å². The van der Waals surface area contributed by atoms with Gasteiger partial charge in [0.1, 0.15) is 0 Å². The van der Waals surface area contributed by atoms with E-state index < -0.39 is 0 Å². The van der Waals surface area contributed by atoms with E-state index in [4.69, 9.17) is 4.74 Å². The fourth-order valence-corrected chi connectivity index (χ4v) is 2.71. The van der Waals surface area contributed by atoms with Gasteiger partial charge >= 0.3 is 0 Å². The van der Waals surface area contributed by atoms with Crippen LogP contribution >= 0.6 is 0 Å². The van der Waals surface area contributed by atoms with Crippen LogP contribution in [0, 0.1) is 0 Å². The average Bonchev–Trinajstić information content (AvgIpc) is 2.56.